The molecule has 132 valence electrons. The Morgan fingerprint density at radius 1 is 1.08 bits per heavy atom. The molecule has 1 aromatic rings. The number of esters is 1. The van der Waals surface area contributed by atoms with Gasteiger partial charge in [0.2, 0.25) is 11.4 Å². The van der Waals surface area contributed by atoms with E-state index in [1.54, 1.807) is 0 Å². The second-order valence-electron chi connectivity index (χ2n) is 5.62. The maximum atomic E-state index is 12.0. The number of aliphatic carboxylic acids is 1. The number of phenols is 3. The van der Waals surface area contributed by atoms with Gasteiger partial charge in [0.05, 0.1) is 5.56 Å². The third-order valence-corrected chi connectivity index (χ3v) is 3.93. The number of rotatable bonds is 3. The molecule has 0 saturated heterocycles. The number of phenolic OH excluding ortho intramolecular Hbond substituents is 3. The molecule has 0 spiro atoms. The number of carboxylic acid groups (broad SMARTS) is 1. The van der Waals surface area contributed by atoms with Crippen LogP contribution in [0.1, 0.15) is 29.6 Å². The molecule has 0 aliphatic heterocycles. The van der Waals surface area contributed by atoms with Crippen LogP contribution in [-0.2, 0) is 9.53 Å². The van der Waals surface area contributed by atoms with Crippen LogP contribution in [0.2, 0.25) is 0 Å². The first-order valence-corrected chi connectivity index (χ1v) is 6.84. The molecular weight excluding hydrogens is 328 g/mol. The molecule has 0 aromatic heterocycles. The predicted octanol–water partition coefficient (Wildman–Crippen LogP) is -0.991. The van der Waals surface area contributed by atoms with Crippen LogP contribution in [0, 0.1) is 0 Å². The van der Waals surface area contributed by atoms with Gasteiger partial charge < -0.3 is 40.5 Å². The molecule has 2 atom stereocenters. The van der Waals surface area contributed by atoms with Crippen LogP contribution < -0.4 is 0 Å². The fourth-order valence-corrected chi connectivity index (χ4v) is 2.46. The normalized spacial score (nSPS) is 25.9. The van der Waals surface area contributed by atoms with Gasteiger partial charge in [-0.3, -0.25) is 0 Å². The van der Waals surface area contributed by atoms with Crippen molar-refractivity contribution in [3.8, 4) is 17.2 Å². The van der Waals surface area contributed by atoms with Gasteiger partial charge in [0.25, 0.3) is 0 Å². The number of aromatic hydroxyl groups is 3. The molecule has 1 fully saturated rings. The first kappa shape index (κ1) is 17.8. The number of carbonyl (C=O) groups excluding carboxylic acids is 1. The van der Waals surface area contributed by atoms with E-state index in [9.17, 15) is 40.2 Å². The zero-order valence-electron chi connectivity index (χ0n) is 12.2. The Hall–Kier alpha value is -2.56. The molecule has 24 heavy (non-hydrogen) atoms. The van der Waals surface area contributed by atoms with Crippen molar-refractivity contribution in [3.05, 3.63) is 17.7 Å². The summed E-state index contributed by atoms with van der Waals surface area (Å²) in [7, 11) is 0. The Balaban J connectivity index is 2.17. The summed E-state index contributed by atoms with van der Waals surface area (Å²) in [5.74, 6) is -8.18. The monoisotopic (exact) mass is 344 g/mol. The minimum Gasteiger partial charge on any atom is -0.504 e. The van der Waals surface area contributed by atoms with Gasteiger partial charge in [-0.15, -0.1) is 0 Å². The van der Waals surface area contributed by atoms with Gasteiger partial charge in [0, 0.05) is 12.8 Å². The van der Waals surface area contributed by atoms with E-state index < -0.39 is 59.5 Å². The summed E-state index contributed by atoms with van der Waals surface area (Å²) in [4.78, 5) is 23.1. The zero-order chi connectivity index (χ0) is 18.3. The highest BCUT2D eigenvalue weighted by Crippen LogP contribution is 2.39. The lowest BCUT2D eigenvalue weighted by atomic mass is 9.77. The molecule has 0 bridgehead atoms. The number of benzene rings is 1. The van der Waals surface area contributed by atoms with Gasteiger partial charge in [0.15, 0.2) is 17.2 Å². The summed E-state index contributed by atoms with van der Waals surface area (Å²) >= 11 is 0. The van der Waals surface area contributed by atoms with Crippen LogP contribution in [0.25, 0.3) is 0 Å². The number of hydrogen-bond donors (Lipinski definition) is 7. The Labute approximate surface area is 134 Å². The van der Waals surface area contributed by atoms with E-state index in [0.29, 0.717) is 0 Å². The van der Waals surface area contributed by atoms with Crippen molar-refractivity contribution in [2.45, 2.75) is 36.8 Å². The molecule has 1 aromatic carbocycles. The van der Waals surface area contributed by atoms with E-state index in [2.05, 4.69) is 0 Å². The van der Waals surface area contributed by atoms with E-state index in [1.807, 2.05) is 0 Å². The van der Waals surface area contributed by atoms with Crippen molar-refractivity contribution in [1.29, 1.82) is 0 Å². The quantitative estimate of drug-likeness (QED) is 0.204. The zero-order valence-corrected chi connectivity index (χ0v) is 12.2. The highest BCUT2D eigenvalue weighted by molar-refractivity contribution is 5.91. The Kier molecular flexibility index (Phi) is 4.31. The average molecular weight is 344 g/mol. The molecule has 1 aliphatic rings. The van der Waals surface area contributed by atoms with Crippen molar-refractivity contribution in [2.75, 3.05) is 0 Å². The van der Waals surface area contributed by atoms with Gasteiger partial charge in [-0.1, -0.05) is 0 Å². The van der Waals surface area contributed by atoms with Crippen molar-refractivity contribution < 1.29 is 50.1 Å². The van der Waals surface area contributed by atoms with Gasteiger partial charge in [-0.05, 0) is 18.6 Å². The SMILES string of the molecule is O=C(O[C@H]1CCC(O)(O)C(O)(C(=O)O)C1)c1cc(O)c(O)c(O)c1. The van der Waals surface area contributed by atoms with Gasteiger partial charge >= 0.3 is 11.9 Å². The summed E-state index contributed by atoms with van der Waals surface area (Å²) in [6.07, 6.45) is -2.61. The second kappa shape index (κ2) is 5.82. The first-order valence-electron chi connectivity index (χ1n) is 6.84. The number of ether oxygens (including phenoxy) is 1. The van der Waals surface area contributed by atoms with Crippen molar-refractivity contribution in [1.82, 2.24) is 0 Å². The Bertz CT molecular complexity index is 659. The molecule has 10 heteroatoms. The van der Waals surface area contributed by atoms with Crippen LogP contribution in [0.15, 0.2) is 12.1 Å². The summed E-state index contributed by atoms with van der Waals surface area (Å²) in [6, 6.07) is 1.65. The maximum Gasteiger partial charge on any atom is 0.341 e. The van der Waals surface area contributed by atoms with Crippen molar-refractivity contribution in [3.63, 3.8) is 0 Å². The van der Waals surface area contributed by atoms with Crippen LogP contribution in [0.3, 0.4) is 0 Å². The molecule has 2 rings (SSSR count). The topological polar surface area (TPSA) is 185 Å². The van der Waals surface area contributed by atoms with Gasteiger partial charge in [-0.25, -0.2) is 9.59 Å². The number of carboxylic acids is 1. The van der Waals surface area contributed by atoms with E-state index in [4.69, 9.17) is 9.84 Å². The highest BCUT2D eigenvalue weighted by Gasteiger charge is 2.59. The van der Waals surface area contributed by atoms with Crippen molar-refractivity contribution >= 4 is 11.9 Å². The van der Waals surface area contributed by atoms with E-state index in [1.165, 1.54) is 0 Å². The lowest BCUT2D eigenvalue weighted by molar-refractivity contribution is -0.295. The molecule has 1 aliphatic carbocycles. The van der Waals surface area contributed by atoms with Gasteiger partial charge in [0.1, 0.15) is 6.10 Å². The molecule has 10 nitrogen and oxygen atoms in total. The first-order chi connectivity index (χ1) is 11.0. The number of hydrogen-bond acceptors (Lipinski definition) is 9. The highest BCUT2D eigenvalue weighted by atomic mass is 16.6. The van der Waals surface area contributed by atoms with Crippen molar-refractivity contribution in [2.24, 2.45) is 0 Å². The lowest BCUT2D eigenvalue weighted by Gasteiger charge is -2.42. The standard InChI is InChI=1S/C14H16O10/c15-8-3-6(4-9(16)10(8)17)11(18)24-7-1-2-14(22,23)13(21,5-7)12(19)20/h3-4,7,15-17,21-23H,1-2,5H2,(H,19,20)/t7-,13?/m0/s1. The van der Waals surface area contributed by atoms with E-state index in [-0.39, 0.29) is 12.0 Å². The van der Waals surface area contributed by atoms with E-state index >= 15 is 0 Å². The molecule has 0 radical (unpaired) electrons. The third kappa shape index (κ3) is 2.94. The van der Waals surface area contributed by atoms with Crippen LogP contribution >= 0.6 is 0 Å². The van der Waals surface area contributed by atoms with Crippen LogP contribution in [0.4, 0.5) is 0 Å². The summed E-state index contributed by atoms with van der Waals surface area (Å²) in [6.45, 7) is 0. The van der Waals surface area contributed by atoms with Gasteiger partial charge in [-0.2, -0.15) is 0 Å². The van der Waals surface area contributed by atoms with Crippen LogP contribution in [0.5, 0.6) is 17.2 Å². The molecule has 0 heterocycles. The molecular formula is C14H16O10. The smallest absolute Gasteiger partial charge is 0.341 e. The maximum absolute atomic E-state index is 12.0. The molecule has 0 amide bonds. The largest absolute Gasteiger partial charge is 0.504 e. The molecule has 7 N–H and O–H groups in total. The number of aliphatic hydroxyl groups is 3. The summed E-state index contributed by atoms with van der Waals surface area (Å²) in [5, 5.41) is 66.1. The van der Waals surface area contributed by atoms with Crippen LogP contribution in [-0.4, -0.2) is 65.2 Å². The fourth-order valence-electron chi connectivity index (χ4n) is 2.46. The summed E-state index contributed by atoms with van der Waals surface area (Å²) < 4.78 is 4.98. The lowest BCUT2D eigenvalue weighted by Crippen LogP contribution is -2.63. The average Bonchev–Trinajstić information content (AvgIpc) is 2.48. The number of carbonyl (C=O) groups is 2. The Morgan fingerprint density at radius 2 is 1.62 bits per heavy atom. The summed E-state index contributed by atoms with van der Waals surface area (Å²) in [5.41, 5.74) is -3.25. The van der Waals surface area contributed by atoms with E-state index in [0.717, 1.165) is 12.1 Å². The minimum absolute atomic E-state index is 0.135. The minimum atomic E-state index is -2.92. The fraction of sp³-hybridized carbons (Fsp3) is 0.429. The third-order valence-electron chi connectivity index (χ3n) is 3.93. The Morgan fingerprint density at radius 3 is 2.12 bits per heavy atom. The second-order valence-corrected chi connectivity index (χ2v) is 5.62. The molecule has 1 saturated carbocycles. The predicted molar refractivity (Wildman–Crippen MR) is 74.2 cm³/mol. The molecule has 1 unspecified atom stereocenters.